The molecule has 0 spiro atoms. The summed E-state index contributed by atoms with van der Waals surface area (Å²) in [6.45, 7) is 0.234. The summed E-state index contributed by atoms with van der Waals surface area (Å²) in [7, 11) is 0. The number of nitrogens with one attached hydrogen (secondary N) is 1. The van der Waals surface area contributed by atoms with Crippen LogP contribution in [0.4, 0.5) is 14.5 Å². The highest BCUT2D eigenvalue weighted by atomic mass is 19.2. The van der Waals surface area contributed by atoms with Gasteiger partial charge in [0.25, 0.3) is 5.91 Å². The van der Waals surface area contributed by atoms with Gasteiger partial charge in [-0.25, -0.2) is 13.8 Å². The highest BCUT2D eigenvalue weighted by molar-refractivity contribution is 6.02. The summed E-state index contributed by atoms with van der Waals surface area (Å²) in [5.41, 5.74) is 6.16. The van der Waals surface area contributed by atoms with Crippen molar-refractivity contribution in [3.63, 3.8) is 0 Å². The number of carbonyl (C=O) groups excluding carboxylic acids is 1. The summed E-state index contributed by atoms with van der Waals surface area (Å²) in [5, 5.41) is 2.42. The van der Waals surface area contributed by atoms with E-state index in [0.717, 1.165) is 12.1 Å². The van der Waals surface area contributed by atoms with E-state index in [4.69, 9.17) is 5.73 Å². The number of carbonyl (C=O) groups is 1. The summed E-state index contributed by atoms with van der Waals surface area (Å²) in [6.07, 6.45) is 1.43. The first-order valence-electron chi connectivity index (χ1n) is 6.01. The lowest BCUT2D eigenvalue weighted by molar-refractivity contribution is 0.102. The van der Waals surface area contributed by atoms with Crippen LogP contribution in [-0.4, -0.2) is 17.4 Å². The number of anilines is 1. The fourth-order valence-corrected chi connectivity index (χ4v) is 1.52. The predicted molar refractivity (Wildman–Crippen MR) is 74.5 cm³/mol. The zero-order valence-corrected chi connectivity index (χ0v) is 10.9. The molecule has 2 aromatic rings. The Hall–Kier alpha value is -2.78. The van der Waals surface area contributed by atoms with Crippen LogP contribution in [0.2, 0.25) is 0 Å². The monoisotopic (exact) mass is 287 g/mol. The molecule has 0 radical (unpaired) electrons. The van der Waals surface area contributed by atoms with E-state index in [-0.39, 0.29) is 17.9 Å². The second-order valence-corrected chi connectivity index (χ2v) is 4.02. The molecule has 0 aliphatic heterocycles. The molecule has 0 fully saturated rings. The maximum atomic E-state index is 13.0. The van der Waals surface area contributed by atoms with Crippen molar-refractivity contribution in [3.8, 4) is 11.8 Å². The Labute approximate surface area is 120 Å². The van der Waals surface area contributed by atoms with Crippen LogP contribution in [-0.2, 0) is 0 Å². The maximum absolute atomic E-state index is 13.0. The van der Waals surface area contributed by atoms with E-state index in [1.54, 1.807) is 6.07 Å². The number of benzene rings is 1. The van der Waals surface area contributed by atoms with Crippen molar-refractivity contribution in [2.75, 3.05) is 11.9 Å². The van der Waals surface area contributed by atoms with E-state index in [1.807, 2.05) is 0 Å². The van der Waals surface area contributed by atoms with Gasteiger partial charge in [-0.05, 0) is 24.3 Å². The van der Waals surface area contributed by atoms with E-state index < -0.39 is 17.5 Å². The molecule has 21 heavy (non-hydrogen) atoms. The van der Waals surface area contributed by atoms with Gasteiger partial charge in [-0.3, -0.25) is 4.79 Å². The summed E-state index contributed by atoms with van der Waals surface area (Å²) >= 11 is 0. The third-order valence-electron chi connectivity index (χ3n) is 2.51. The van der Waals surface area contributed by atoms with Crippen LogP contribution in [0.3, 0.4) is 0 Å². The lowest BCUT2D eigenvalue weighted by Gasteiger charge is -2.05. The number of rotatable bonds is 2. The topological polar surface area (TPSA) is 68.0 Å². The summed E-state index contributed by atoms with van der Waals surface area (Å²) < 4.78 is 25.8. The number of nitrogens with zero attached hydrogens (tertiary/aromatic N) is 1. The Kier molecular flexibility index (Phi) is 4.59. The smallest absolute Gasteiger partial charge is 0.274 e. The number of amides is 1. The van der Waals surface area contributed by atoms with Crippen molar-refractivity contribution >= 4 is 11.6 Å². The molecule has 1 aromatic heterocycles. The Balaban J connectivity index is 2.11. The number of hydrogen-bond donors (Lipinski definition) is 2. The van der Waals surface area contributed by atoms with E-state index in [2.05, 4.69) is 22.1 Å². The maximum Gasteiger partial charge on any atom is 0.274 e. The first-order chi connectivity index (χ1) is 10.1. The second kappa shape index (κ2) is 6.59. The van der Waals surface area contributed by atoms with Crippen LogP contribution < -0.4 is 11.1 Å². The first-order valence-corrected chi connectivity index (χ1v) is 6.01. The first kappa shape index (κ1) is 14.6. The molecular formula is C15H11F2N3O. The Morgan fingerprint density at radius 3 is 2.67 bits per heavy atom. The zero-order valence-electron chi connectivity index (χ0n) is 10.9. The normalized spacial score (nSPS) is 9.67. The molecule has 1 amide bonds. The third-order valence-corrected chi connectivity index (χ3v) is 2.51. The molecular weight excluding hydrogens is 276 g/mol. The van der Waals surface area contributed by atoms with Crippen LogP contribution in [0.1, 0.15) is 16.1 Å². The van der Waals surface area contributed by atoms with Crippen molar-refractivity contribution in [2.45, 2.75) is 0 Å². The SMILES string of the molecule is NCC#Cc1ccc(C(=O)Nc2ccc(F)c(F)c2)nc1. The standard InChI is InChI=1S/C15H11F2N3O/c16-12-5-4-11(8-13(12)17)20-15(21)14-6-3-10(9-19-14)2-1-7-18/h3-6,8-9H,7,18H2,(H,20,21). The minimum Gasteiger partial charge on any atom is -0.321 e. The molecule has 1 aromatic carbocycles. The van der Waals surface area contributed by atoms with E-state index >= 15 is 0 Å². The second-order valence-electron chi connectivity index (χ2n) is 4.02. The van der Waals surface area contributed by atoms with Gasteiger partial charge in [-0.1, -0.05) is 11.8 Å². The Morgan fingerprint density at radius 1 is 1.24 bits per heavy atom. The fraction of sp³-hybridized carbons (Fsp3) is 0.0667. The molecule has 0 atom stereocenters. The van der Waals surface area contributed by atoms with Crippen molar-refractivity contribution in [1.82, 2.24) is 4.98 Å². The average Bonchev–Trinajstić information content (AvgIpc) is 2.49. The van der Waals surface area contributed by atoms with Crippen molar-refractivity contribution < 1.29 is 13.6 Å². The van der Waals surface area contributed by atoms with E-state index in [0.29, 0.717) is 5.56 Å². The molecule has 2 rings (SSSR count). The average molecular weight is 287 g/mol. The number of hydrogen-bond acceptors (Lipinski definition) is 3. The molecule has 0 aliphatic rings. The molecule has 4 nitrogen and oxygen atoms in total. The molecule has 0 bridgehead atoms. The number of pyridine rings is 1. The van der Waals surface area contributed by atoms with Crippen molar-refractivity contribution in [1.29, 1.82) is 0 Å². The van der Waals surface area contributed by atoms with E-state index in [1.165, 1.54) is 18.3 Å². The minimum atomic E-state index is -1.03. The molecule has 0 saturated carbocycles. The third kappa shape index (κ3) is 3.84. The number of nitrogens with two attached hydrogens (primary N) is 1. The molecule has 6 heteroatoms. The highest BCUT2D eigenvalue weighted by Gasteiger charge is 2.09. The molecule has 106 valence electrons. The fourth-order valence-electron chi connectivity index (χ4n) is 1.52. The predicted octanol–water partition coefficient (Wildman–Crippen LogP) is 1.92. The van der Waals surface area contributed by atoms with Gasteiger partial charge in [0, 0.05) is 23.5 Å². The number of halogens is 2. The van der Waals surface area contributed by atoms with Crippen LogP contribution in [0, 0.1) is 23.5 Å². The summed E-state index contributed by atoms with van der Waals surface area (Å²) in [6, 6.07) is 6.20. The van der Waals surface area contributed by atoms with Gasteiger partial charge in [0.15, 0.2) is 11.6 Å². The molecule has 0 unspecified atom stereocenters. The number of aromatic nitrogens is 1. The van der Waals surface area contributed by atoms with Gasteiger partial charge >= 0.3 is 0 Å². The van der Waals surface area contributed by atoms with E-state index in [9.17, 15) is 13.6 Å². The minimum absolute atomic E-state index is 0.137. The highest BCUT2D eigenvalue weighted by Crippen LogP contribution is 2.14. The quantitative estimate of drug-likeness (QED) is 0.829. The molecule has 3 N–H and O–H groups in total. The van der Waals surface area contributed by atoms with Crippen LogP contribution in [0.15, 0.2) is 36.5 Å². The van der Waals surface area contributed by atoms with Gasteiger partial charge < -0.3 is 11.1 Å². The lowest BCUT2D eigenvalue weighted by atomic mass is 10.2. The summed E-state index contributed by atoms with van der Waals surface area (Å²) in [4.78, 5) is 15.8. The van der Waals surface area contributed by atoms with Gasteiger partial charge in [0.1, 0.15) is 5.69 Å². The van der Waals surface area contributed by atoms with Crippen LogP contribution >= 0.6 is 0 Å². The Morgan fingerprint density at radius 2 is 2.05 bits per heavy atom. The van der Waals surface area contributed by atoms with Crippen molar-refractivity contribution in [2.24, 2.45) is 5.73 Å². The molecule has 0 aliphatic carbocycles. The lowest BCUT2D eigenvalue weighted by Crippen LogP contribution is -2.13. The zero-order chi connectivity index (χ0) is 15.2. The van der Waals surface area contributed by atoms with Gasteiger partial charge in [-0.15, -0.1) is 0 Å². The molecule has 1 heterocycles. The Bertz CT molecular complexity index is 718. The summed E-state index contributed by atoms with van der Waals surface area (Å²) in [5.74, 6) is 2.90. The van der Waals surface area contributed by atoms with Gasteiger partial charge in [0.2, 0.25) is 0 Å². The van der Waals surface area contributed by atoms with Crippen molar-refractivity contribution in [3.05, 3.63) is 59.4 Å². The van der Waals surface area contributed by atoms with Crippen LogP contribution in [0.25, 0.3) is 0 Å². The van der Waals surface area contributed by atoms with Gasteiger partial charge in [0.05, 0.1) is 6.54 Å². The molecule has 0 saturated heterocycles. The largest absolute Gasteiger partial charge is 0.321 e. The van der Waals surface area contributed by atoms with Gasteiger partial charge in [-0.2, -0.15) is 0 Å². The van der Waals surface area contributed by atoms with Crippen LogP contribution in [0.5, 0.6) is 0 Å².